The van der Waals surface area contributed by atoms with Crippen LogP contribution in [0.5, 0.6) is 0 Å². The van der Waals surface area contributed by atoms with E-state index in [2.05, 4.69) is 18.0 Å². The topological polar surface area (TPSA) is 39.6 Å². The van der Waals surface area contributed by atoms with Crippen molar-refractivity contribution in [2.45, 2.75) is 26.7 Å². The molecular weight excluding hydrogens is 279 g/mol. The second kappa shape index (κ2) is 5.69. The average Bonchev–Trinajstić information content (AvgIpc) is 2.68. The molecule has 19 heavy (non-hydrogen) atoms. The zero-order valence-electron chi connectivity index (χ0n) is 10.8. The summed E-state index contributed by atoms with van der Waals surface area (Å²) in [5, 5.41) is 10.4. The van der Waals surface area contributed by atoms with Crippen LogP contribution in [0.15, 0.2) is 18.2 Å². The first-order valence-electron chi connectivity index (χ1n) is 6.11. The number of aryl methyl sites for hydroxylation is 1. The lowest BCUT2D eigenvalue weighted by Gasteiger charge is -2.07. The van der Waals surface area contributed by atoms with Crippen LogP contribution in [-0.4, -0.2) is 4.98 Å². The van der Waals surface area contributed by atoms with Gasteiger partial charge in [0, 0.05) is 22.2 Å². The molecule has 2 aromatic rings. The molecule has 2 nitrogen and oxygen atoms in total. The van der Waals surface area contributed by atoms with Crippen LogP contribution in [0.1, 0.15) is 35.0 Å². The Labute approximate surface area is 123 Å². The number of benzene rings is 1. The number of H-pyrrole nitrogens is 1. The molecule has 0 unspecified atom stereocenters. The number of nitriles is 1. The van der Waals surface area contributed by atoms with Crippen molar-refractivity contribution in [3.63, 3.8) is 0 Å². The largest absolute Gasteiger partial charge is 0.350 e. The Hall–Kier alpha value is -1.43. The summed E-state index contributed by atoms with van der Waals surface area (Å²) in [6.07, 6.45) is 1.54. The Morgan fingerprint density at radius 2 is 2.00 bits per heavy atom. The Morgan fingerprint density at radius 3 is 2.58 bits per heavy atom. The van der Waals surface area contributed by atoms with Crippen LogP contribution < -0.4 is 0 Å². The van der Waals surface area contributed by atoms with Crippen LogP contribution in [-0.2, 0) is 12.8 Å². The van der Waals surface area contributed by atoms with Gasteiger partial charge in [0.05, 0.1) is 0 Å². The third-order valence-corrected chi connectivity index (χ3v) is 3.87. The minimum absolute atomic E-state index is 0.632. The first-order chi connectivity index (χ1) is 9.06. The summed E-state index contributed by atoms with van der Waals surface area (Å²) in [6.45, 7) is 4.04. The molecule has 0 saturated heterocycles. The third-order valence-electron chi connectivity index (χ3n) is 3.28. The van der Waals surface area contributed by atoms with Crippen molar-refractivity contribution >= 4 is 23.2 Å². The van der Waals surface area contributed by atoms with Gasteiger partial charge in [-0.1, -0.05) is 36.2 Å². The van der Waals surface area contributed by atoms with Crippen molar-refractivity contribution in [3.05, 3.63) is 56.3 Å². The lowest BCUT2D eigenvalue weighted by molar-refractivity contribution is 1.06. The van der Waals surface area contributed by atoms with E-state index >= 15 is 0 Å². The van der Waals surface area contributed by atoms with Gasteiger partial charge < -0.3 is 4.98 Å². The van der Waals surface area contributed by atoms with E-state index in [0.29, 0.717) is 22.2 Å². The molecule has 0 radical (unpaired) electrons. The van der Waals surface area contributed by atoms with E-state index in [9.17, 15) is 0 Å². The normalized spacial score (nSPS) is 10.5. The maximum atomic E-state index is 9.12. The summed E-state index contributed by atoms with van der Waals surface area (Å²) in [6, 6.07) is 7.72. The fraction of sp³-hybridized carbons (Fsp3) is 0.267. The van der Waals surface area contributed by atoms with E-state index in [1.165, 1.54) is 0 Å². The fourth-order valence-corrected chi connectivity index (χ4v) is 2.77. The molecule has 0 bridgehead atoms. The molecule has 0 spiro atoms. The number of aromatic nitrogens is 1. The van der Waals surface area contributed by atoms with Crippen LogP contribution in [0.25, 0.3) is 0 Å². The molecule has 0 saturated carbocycles. The number of hydrogen-bond donors (Lipinski definition) is 1. The highest BCUT2D eigenvalue weighted by molar-refractivity contribution is 6.35. The molecule has 0 amide bonds. The molecular formula is C15H14Cl2N2. The van der Waals surface area contributed by atoms with Gasteiger partial charge in [-0.15, -0.1) is 0 Å². The van der Waals surface area contributed by atoms with Gasteiger partial charge in [-0.25, -0.2) is 0 Å². The van der Waals surface area contributed by atoms with Crippen molar-refractivity contribution < 1.29 is 0 Å². The molecule has 0 atom stereocenters. The number of aromatic amines is 1. The average molecular weight is 293 g/mol. The van der Waals surface area contributed by atoms with Crippen molar-refractivity contribution in [2.75, 3.05) is 0 Å². The summed E-state index contributed by atoms with van der Waals surface area (Å²) in [7, 11) is 0. The van der Waals surface area contributed by atoms with E-state index in [1.807, 2.05) is 19.1 Å². The van der Waals surface area contributed by atoms with Gasteiger partial charge in [0.25, 0.3) is 0 Å². The highest BCUT2D eigenvalue weighted by Gasteiger charge is 2.15. The van der Waals surface area contributed by atoms with E-state index < -0.39 is 0 Å². The molecule has 0 aliphatic carbocycles. The second-order valence-corrected chi connectivity index (χ2v) is 5.30. The third kappa shape index (κ3) is 2.78. The van der Waals surface area contributed by atoms with Crippen LogP contribution in [0.3, 0.4) is 0 Å². The molecule has 0 fully saturated rings. The zero-order valence-corrected chi connectivity index (χ0v) is 12.4. The lowest BCUT2D eigenvalue weighted by Crippen LogP contribution is -1.95. The summed E-state index contributed by atoms with van der Waals surface area (Å²) >= 11 is 12.1. The molecule has 2 rings (SSSR count). The summed E-state index contributed by atoms with van der Waals surface area (Å²) < 4.78 is 0. The maximum absolute atomic E-state index is 9.12. The molecule has 1 heterocycles. The Bertz CT molecular complexity index is 651. The predicted octanol–water partition coefficient (Wildman–Crippen LogP) is 4.65. The van der Waals surface area contributed by atoms with Crippen LogP contribution in [0, 0.1) is 18.3 Å². The van der Waals surface area contributed by atoms with Crippen molar-refractivity contribution in [3.8, 4) is 6.07 Å². The standard InChI is InChI=1S/C15H14Cl2N2/c1-3-12-13(9(2)19-15(12)8-18)6-10-4-5-11(16)7-14(10)17/h4-5,7,19H,3,6H2,1-2H3. The van der Waals surface area contributed by atoms with E-state index in [4.69, 9.17) is 28.5 Å². The molecule has 1 aromatic carbocycles. The molecule has 98 valence electrons. The maximum Gasteiger partial charge on any atom is 0.121 e. The number of halogens is 2. The first-order valence-corrected chi connectivity index (χ1v) is 6.86. The predicted molar refractivity (Wildman–Crippen MR) is 78.9 cm³/mol. The monoisotopic (exact) mass is 292 g/mol. The van der Waals surface area contributed by atoms with Crippen LogP contribution >= 0.6 is 23.2 Å². The van der Waals surface area contributed by atoms with Gasteiger partial charge in [0.1, 0.15) is 11.8 Å². The summed E-state index contributed by atoms with van der Waals surface area (Å²) in [4.78, 5) is 3.13. The fourth-order valence-electron chi connectivity index (χ4n) is 2.30. The Morgan fingerprint density at radius 1 is 1.26 bits per heavy atom. The van der Waals surface area contributed by atoms with E-state index in [-0.39, 0.29) is 0 Å². The molecule has 0 aliphatic rings. The second-order valence-electron chi connectivity index (χ2n) is 4.46. The first kappa shape index (κ1) is 14.0. The van der Waals surface area contributed by atoms with Gasteiger partial charge in [0.2, 0.25) is 0 Å². The number of nitrogens with zero attached hydrogens (tertiary/aromatic N) is 1. The van der Waals surface area contributed by atoms with Gasteiger partial charge >= 0.3 is 0 Å². The highest BCUT2D eigenvalue weighted by atomic mass is 35.5. The SMILES string of the molecule is CCc1c(C#N)[nH]c(C)c1Cc1ccc(Cl)cc1Cl. The summed E-state index contributed by atoms with van der Waals surface area (Å²) in [5.74, 6) is 0. The smallest absolute Gasteiger partial charge is 0.121 e. The minimum Gasteiger partial charge on any atom is -0.350 e. The van der Waals surface area contributed by atoms with Crippen LogP contribution in [0.4, 0.5) is 0 Å². The minimum atomic E-state index is 0.632. The molecule has 4 heteroatoms. The lowest BCUT2D eigenvalue weighted by atomic mass is 9.99. The Kier molecular flexibility index (Phi) is 4.19. The zero-order chi connectivity index (χ0) is 14.0. The summed E-state index contributed by atoms with van der Waals surface area (Å²) in [5.41, 5.74) is 4.93. The number of nitrogens with one attached hydrogen (secondary N) is 1. The van der Waals surface area contributed by atoms with Crippen molar-refractivity contribution in [1.29, 1.82) is 5.26 Å². The molecule has 1 N–H and O–H groups in total. The Balaban J connectivity index is 2.44. The van der Waals surface area contributed by atoms with E-state index in [1.54, 1.807) is 6.07 Å². The van der Waals surface area contributed by atoms with Gasteiger partial charge in [-0.2, -0.15) is 5.26 Å². The van der Waals surface area contributed by atoms with Crippen molar-refractivity contribution in [2.24, 2.45) is 0 Å². The highest BCUT2D eigenvalue weighted by Crippen LogP contribution is 2.27. The van der Waals surface area contributed by atoms with E-state index in [0.717, 1.165) is 28.8 Å². The molecule has 1 aromatic heterocycles. The number of hydrogen-bond acceptors (Lipinski definition) is 1. The van der Waals surface area contributed by atoms with Crippen molar-refractivity contribution in [1.82, 2.24) is 4.98 Å². The van der Waals surface area contributed by atoms with Gasteiger partial charge in [0.15, 0.2) is 0 Å². The molecule has 0 aliphatic heterocycles. The van der Waals surface area contributed by atoms with Crippen LogP contribution in [0.2, 0.25) is 10.0 Å². The number of rotatable bonds is 3. The van der Waals surface area contributed by atoms with Gasteiger partial charge in [-0.05, 0) is 42.2 Å². The van der Waals surface area contributed by atoms with Gasteiger partial charge in [-0.3, -0.25) is 0 Å². The quantitative estimate of drug-likeness (QED) is 0.878.